The van der Waals surface area contributed by atoms with Gasteiger partial charge in [0.15, 0.2) is 6.54 Å². The number of carbonyl (C=O) groups excluding carboxylic acids is 1. The van der Waals surface area contributed by atoms with Crippen molar-refractivity contribution in [2.24, 2.45) is 0 Å². The minimum Gasteiger partial charge on any atom is -0.333 e. The average molecular weight is 349 g/mol. The molecule has 0 aliphatic heterocycles. The maximum atomic E-state index is 12.1. The molecule has 0 bridgehead atoms. The summed E-state index contributed by atoms with van der Waals surface area (Å²) in [6.07, 6.45) is 1.71. The highest BCUT2D eigenvalue weighted by Gasteiger charge is 2.17. The fourth-order valence-corrected chi connectivity index (χ4v) is 2.98. The van der Waals surface area contributed by atoms with E-state index in [4.69, 9.17) is 0 Å². The number of nitrogens with two attached hydrogens (primary N) is 1. The number of nitrogens with one attached hydrogen (secondary N) is 1. The van der Waals surface area contributed by atoms with E-state index in [9.17, 15) is 13.2 Å². The summed E-state index contributed by atoms with van der Waals surface area (Å²) in [6.45, 7) is 0.824. The number of carbonyl (C=O) groups is 1. The zero-order valence-electron chi connectivity index (χ0n) is 13.6. The van der Waals surface area contributed by atoms with Gasteiger partial charge < -0.3 is 10.6 Å². The van der Waals surface area contributed by atoms with Gasteiger partial charge in [-0.05, 0) is 30.3 Å². The van der Waals surface area contributed by atoms with Gasteiger partial charge in [-0.25, -0.2) is 12.7 Å². The van der Waals surface area contributed by atoms with Crippen LogP contribution in [0.5, 0.6) is 0 Å². The zero-order valence-corrected chi connectivity index (χ0v) is 14.5. The molecule has 0 radical (unpaired) electrons. The number of hydrogen-bond donors (Lipinski definition) is 2. The molecule has 1 aromatic carbocycles. The summed E-state index contributed by atoms with van der Waals surface area (Å²) in [6, 6.07) is 11.8. The van der Waals surface area contributed by atoms with E-state index in [2.05, 4.69) is 10.3 Å². The number of quaternary nitrogens is 1. The van der Waals surface area contributed by atoms with Crippen LogP contribution < -0.4 is 10.6 Å². The number of aromatic nitrogens is 1. The second-order valence-corrected chi connectivity index (χ2v) is 7.53. The summed E-state index contributed by atoms with van der Waals surface area (Å²) in [4.78, 5) is 16.3. The van der Waals surface area contributed by atoms with Crippen molar-refractivity contribution in [2.75, 3.05) is 26.0 Å². The molecule has 0 atom stereocenters. The SMILES string of the molecule is CN(C)S(=O)(=O)c1cccc(NC(=O)C[NH2+]Cc2ccccn2)c1. The topological polar surface area (TPSA) is 96.0 Å². The molecule has 0 spiro atoms. The number of benzene rings is 1. The van der Waals surface area contributed by atoms with E-state index in [1.54, 1.807) is 18.3 Å². The van der Waals surface area contributed by atoms with Gasteiger partial charge in [-0.3, -0.25) is 9.78 Å². The highest BCUT2D eigenvalue weighted by Crippen LogP contribution is 2.17. The van der Waals surface area contributed by atoms with Crippen LogP contribution in [0.4, 0.5) is 5.69 Å². The lowest BCUT2D eigenvalue weighted by molar-refractivity contribution is -0.660. The second kappa shape index (κ2) is 8.00. The fourth-order valence-electron chi connectivity index (χ4n) is 2.03. The van der Waals surface area contributed by atoms with Crippen molar-refractivity contribution < 1.29 is 18.5 Å². The van der Waals surface area contributed by atoms with Gasteiger partial charge in [-0.15, -0.1) is 0 Å². The molecule has 128 valence electrons. The van der Waals surface area contributed by atoms with Crippen LogP contribution in [-0.2, 0) is 21.4 Å². The number of hydrogen-bond acceptors (Lipinski definition) is 4. The Balaban J connectivity index is 1.92. The van der Waals surface area contributed by atoms with Crippen LogP contribution in [0.25, 0.3) is 0 Å². The first-order valence-corrected chi connectivity index (χ1v) is 8.87. The summed E-state index contributed by atoms with van der Waals surface area (Å²) in [7, 11) is -0.591. The van der Waals surface area contributed by atoms with Crippen molar-refractivity contribution in [2.45, 2.75) is 11.4 Å². The van der Waals surface area contributed by atoms with Gasteiger partial charge in [-0.1, -0.05) is 12.1 Å². The van der Waals surface area contributed by atoms with Gasteiger partial charge in [-0.2, -0.15) is 0 Å². The van der Waals surface area contributed by atoms with E-state index >= 15 is 0 Å². The Morgan fingerprint density at radius 1 is 1.21 bits per heavy atom. The molecule has 0 unspecified atom stereocenters. The first-order valence-electron chi connectivity index (χ1n) is 7.43. The molecule has 0 aliphatic carbocycles. The molecular formula is C16H21N4O3S+. The molecule has 0 fully saturated rings. The number of sulfonamides is 1. The van der Waals surface area contributed by atoms with Gasteiger partial charge >= 0.3 is 0 Å². The molecular weight excluding hydrogens is 328 g/mol. The first-order chi connectivity index (χ1) is 11.4. The van der Waals surface area contributed by atoms with Gasteiger partial charge in [0.1, 0.15) is 6.54 Å². The number of anilines is 1. The standard InChI is InChI=1S/C16H20N4O3S/c1-20(2)24(22,23)15-8-5-7-13(10-15)19-16(21)12-17-11-14-6-3-4-9-18-14/h3-10,17H,11-12H2,1-2H3,(H,19,21)/p+1. The largest absolute Gasteiger partial charge is 0.333 e. The van der Waals surface area contributed by atoms with E-state index < -0.39 is 10.0 Å². The van der Waals surface area contributed by atoms with Crippen LogP contribution in [0.1, 0.15) is 5.69 Å². The lowest BCUT2D eigenvalue weighted by Gasteiger charge is -2.12. The highest BCUT2D eigenvalue weighted by molar-refractivity contribution is 7.89. The lowest BCUT2D eigenvalue weighted by atomic mass is 10.3. The molecule has 24 heavy (non-hydrogen) atoms. The van der Waals surface area contributed by atoms with Crippen molar-refractivity contribution in [3.8, 4) is 0 Å². The fraction of sp³-hybridized carbons (Fsp3) is 0.250. The molecule has 0 aliphatic rings. The minimum atomic E-state index is -3.52. The second-order valence-electron chi connectivity index (χ2n) is 5.38. The molecule has 0 saturated heterocycles. The summed E-state index contributed by atoms with van der Waals surface area (Å²) >= 11 is 0. The summed E-state index contributed by atoms with van der Waals surface area (Å²) in [5, 5.41) is 4.54. The molecule has 1 aromatic heterocycles. The van der Waals surface area contributed by atoms with E-state index in [0.717, 1.165) is 10.00 Å². The minimum absolute atomic E-state index is 0.141. The zero-order chi connectivity index (χ0) is 17.6. The molecule has 0 saturated carbocycles. The van der Waals surface area contributed by atoms with E-state index in [1.807, 2.05) is 23.5 Å². The van der Waals surface area contributed by atoms with Crippen LogP contribution in [0.3, 0.4) is 0 Å². The molecule has 2 rings (SSSR count). The Bertz CT molecular complexity index is 792. The van der Waals surface area contributed by atoms with Crippen molar-refractivity contribution in [3.63, 3.8) is 0 Å². The van der Waals surface area contributed by atoms with E-state index in [0.29, 0.717) is 12.2 Å². The quantitative estimate of drug-likeness (QED) is 0.737. The van der Waals surface area contributed by atoms with Crippen molar-refractivity contribution >= 4 is 21.6 Å². The van der Waals surface area contributed by atoms with Crippen LogP contribution in [-0.4, -0.2) is 44.3 Å². The van der Waals surface area contributed by atoms with E-state index in [-0.39, 0.29) is 17.3 Å². The Labute approximate surface area is 141 Å². The number of amides is 1. The van der Waals surface area contributed by atoms with Crippen molar-refractivity contribution in [3.05, 3.63) is 54.4 Å². The summed E-state index contributed by atoms with van der Waals surface area (Å²) in [5.74, 6) is -0.203. The third-order valence-corrected chi connectivity index (χ3v) is 5.12. The molecule has 3 N–H and O–H groups in total. The molecule has 1 heterocycles. The predicted molar refractivity (Wildman–Crippen MR) is 90.7 cm³/mol. The maximum absolute atomic E-state index is 12.1. The van der Waals surface area contributed by atoms with Crippen LogP contribution >= 0.6 is 0 Å². The van der Waals surface area contributed by atoms with Crippen LogP contribution in [0, 0.1) is 0 Å². The summed E-state index contributed by atoms with van der Waals surface area (Å²) in [5.41, 5.74) is 1.35. The molecule has 8 heteroatoms. The third kappa shape index (κ3) is 4.85. The normalized spacial score (nSPS) is 11.5. The smallest absolute Gasteiger partial charge is 0.279 e. The Morgan fingerprint density at radius 2 is 2.00 bits per heavy atom. The number of nitrogens with zero attached hydrogens (tertiary/aromatic N) is 2. The average Bonchev–Trinajstić information content (AvgIpc) is 2.56. The third-order valence-electron chi connectivity index (χ3n) is 3.31. The highest BCUT2D eigenvalue weighted by atomic mass is 32.2. The molecule has 1 amide bonds. The Hall–Kier alpha value is -2.29. The molecule has 7 nitrogen and oxygen atoms in total. The van der Waals surface area contributed by atoms with Gasteiger partial charge in [0.25, 0.3) is 5.91 Å². The predicted octanol–water partition coefficient (Wildman–Crippen LogP) is 0.0340. The number of rotatable bonds is 7. The maximum Gasteiger partial charge on any atom is 0.279 e. The molecule has 2 aromatic rings. The van der Waals surface area contributed by atoms with Gasteiger partial charge in [0.2, 0.25) is 10.0 Å². The van der Waals surface area contributed by atoms with E-state index in [1.165, 1.54) is 26.2 Å². The van der Waals surface area contributed by atoms with Crippen LogP contribution in [0.15, 0.2) is 53.6 Å². The monoisotopic (exact) mass is 349 g/mol. The first kappa shape index (κ1) is 18.1. The Morgan fingerprint density at radius 3 is 2.67 bits per heavy atom. The number of pyridine rings is 1. The van der Waals surface area contributed by atoms with Gasteiger partial charge in [0.05, 0.1) is 10.6 Å². The van der Waals surface area contributed by atoms with Crippen molar-refractivity contribution in [1.82, 2.24) is 9.29 Å². The summed E-state index contributed by atoms with van der Waals surface area (Å²) < 4.78 is 25.3. The van der Waals surface area contributed by atoms with Gasteiger partial charge in [0, 0.05) is 26.0 Å². The Kier molecular flexibility index (Phi) is 6.02. The lowest BCUT2D eigenvalue weighted by Crippen LogP contribution is -2.84. The van der Waals surface area contributed by atoms with Crippen molar-refractivity contribution in [1.29, 1.82) is 0 Å². The van der Waals surface area contributed by atoms with Crippen LogP contribution in [0.2, 0.25) is 0 Å².